The highest BCUT2D eigenvalue weighted by atomic mass is 19.4. The van der Waals surface area contributed by atoms with Crippen LogP contribution in [0.5, 0.6) is 0 Å². The fourth-order valence-corrected chi connectivity index (χ4v) is 1.30. The second-order valence-corrected chi connectivity index (χ2v) is 3.59. The second-order valence-electron chi connectivity index (χ2n) is 3.59. The molecule has 0 aliphatic rings. The summed E-state index contributed by atoms with van der Waals surface area (Å²) in [5.41, 5.74) is -1.05. The number of hydrogen-bond donors (Lipinski definition) is 2. The molecule has 0 atom stereocenters. The summed E-state index contributed by atoms with van der Waals surface area (Å²) in [6.45, 7) is -0.531. The first-order valence-electron chi connectivity index (χ1n) is 5.03. The van der Waals surface area contributed by atoms with Gasteiger partial charge in [-0.05, 0) is 12.1 Å². The number of carbonyl (C=O) groups is 1. The van der Waals surface area contributed by atoms with Gasteiger partial charge in [0.25, 0.3) is 5.69 Å². The number of halogens is 3. The molecule has 1 rings (SSSR count). The van der Waals surface area contributed by atoms with Crippen molar-refractivity contribution in [3.8, 4) is 0 Å². The largest absolute Gasteiger partial charge is 0.478 e. The Kier molecular flexibility index (Phi) is 4.30. The molecular formula is C10H9F3N2O4. The third-order valence-electron chi connectivity index (χ3n) is 2.17. The zero-order valence-electron chi connectivity index (χ0n) is 9.40. The van der Waals surface area contributed by atoms with Crippen LogP contribution in [-0.4, -0.2) is 28.7 Å². The maximum absolute atomic E-state index is 11.9. The average molecular weight is 278 g/mol. The van der Waals surface area contributed by atoms with E-state index in [-0.39, 0.29) is 11.3 Å². The van der Waals surface area contributed by atoms with Crippen molar-refractivity contribution >= 4 is 17.3 Å². The Morgan fingerprint density at radius 2 is 2.05 bits per heavy atom. The number of benzene rings is 1. The van der Waals surface area contributed by atoms with Crippen molar-refractivity contribution in [3.63, 3.8) is 0 Å². The molecule has 6 nitrogen and oxygen atoms in total. The summed E-state index contributed by atoms with van der Waals surface area (Å²) in [7, 11) is 0. The molecule has 104 valence electrons. The monoisotopic (exact) mass is 278 g/mol. The molecule has 0 saturated heterocycles. The summed E-state index contributed by atoms with van der Waals surface area (Å²) < 4.78 is 35.8. The fraction of sp³-hybridized carbons (Fsp3) is 0.300. The van der Waals surface area contributed by atoms with Crippen molar-refractivity contribution in [1.29, 1.82) is 0 Å². The SMILES string of the molecule is O=C(O)c1ccc(NCCC(F)(F)F)c([N+](=O)[O-])c1. The first-order chi connectivity index (χ1) is 8.70. The number of nitro benzene ring substituents is 1. The molecule has 0 aliphatic carbocycles. The molecule has 0 spiro atoms. The van der Waals surface area contributed by atoms with E-state index in [2.05, 4.69) is 5.32 Å². The van der Waals surface area contributed by atoms with Crippen molar-refractivity contribution in [2.45, 2.75) is 12.6 Å². The van der Waals surface area contributed by atoms with Crippen LogP contribution in [-0.2, 0) is 0 Å². The Labute approximate surface area is 105 Å². The first-order valence-corrected chi connectivity index (χ1v) is 5.03. The normalized spacial score (nSPS) is 11.1. The molecule has 1 aromatic rings. The number of hydrogen-bond acceptors (Lipinski definition) is 4. The van der Waals surface area contributed by atoms with Crippen LogP contribution in [0.1, 0.15) is 16.8 Å². The van der Waals surface area contributed by atoms with Gasteiger partial charge < -0.3 is 10.4 Å². The molecule has 0 amide bonds. The number of nitrogens with one attached hydrogen (secondary N) is 1. The van der Waals surface area contributed by atoms with E-state index in [0.717, 1.165) is 18.2 Å². The molecule has 0 radical (unpaired) electrons. The number of rotatable bonds is 5. The maximum atomic E-state index is 11.9. The highest BCUT2D eigenvalue weighted by Gasteiger charge is 2.26. The minimum Gasteiger partial charge on any atom is -0.478 e. The summed E-state index contributed by atoms with van der Waals surface area (Å²) >= 11 is 0. The van der Waals surface area contributed by atoms with Crippen molar-refractivity contribution in [2.75, 3.05) is 11.9 Å². The quantitative estimate of drug-likeness (QED) is 0.638. The molecule has 0 fully saturated rings. The van der Waals surface area contributed by atoms with Crippen LogP contribution in [0.2, 0.25) is 0 Å². The van der Waals surface area contributed by atoms with Crippen LogP contribution < -0.4 is 5.32 Å². The van der Waals surface area contributed by atoms with E-state index < -0.39 is 35.7 Å². The van der Waals surface area contributed by atoms with E-state index in [9.17, 15) is 28.1 Å². The topological polar surface area (TPSA) is 92.5 Å². The third kappa shape index (κ3) is 4.45. The summed E-state index contributed by atoms with van der Waals surface area (Å²) in [6, 6.07) is 2.93. The van der Waals surface area contributed by atoms with Crippen LogP contribution in [0.4, 0.5) is 24.5 Å². The molecule has 9 heteroatoms. The maximum Gasteiger partial charge on any atom is 0.390 e. The summed E-state index contributed by atoms with van der Waals surface area (Å²) in [5.74, 6) is -1.36. The minimum absolute atomic E-state index is 0.153. The van der Waals surface area contributed by atoms with Crippen molar-refractivity contribution < 1.29 is 28.0 Å². The van der Waals surface area contributed by atoms with Crippen LogP contribution in [0.3, 0.4) is 0 Å². The lowest BCUT2D eigenvalue weighted by Gasteiger charge is -2.09. The van der Waals surface area contributed by atoms with E-state index in [1.165, 1.54) is 0 Å². The molecule has 0 unspecified atom stereocenters. The molecule has 0 bridgehead atoms. The summed E-state index contributed by atoms with van der Waals surface area (Å²) in [6.07, 6.45) is -5.52. The predicted molar refractivity (Wildman–Crippen MR) is 59.2 cm³/mol. The zero-order chi connectivity index (χ0) is 14.6. The highest BCUT2D eigenvalue weighted by Crippen LogP contribution is 2.26. The molecule has 0 heterocycles. The third-order valence-corrected chi connectivity index (χ3v) is 2.17. The van der Waals surface area contributed by atoms with Gasteiger partial charge in [-0.25, -0.2) is 4.79 Å². The number of nitrogens with zero attached hydrogens (tertiary/aromatic N) is 1. The van der Waals surface area contributed by atoms with Gasteiger partial charge in [0.15, 0.2) is 0 Å². The standard InChI is InChI=1S/C10H9F3N2O4/c11-10(12,13)3-4-14-7-2-1-6(9(16)17)5-8(7)15(18)19/h1-2,5,14H,3-4H2,(H,16,17). The highest BCUT2D eigenvalue weighted by molar-refractivity contribution is 5.89. The molecule has 0 aliphatic heterocycles. The van der Waals surface area contributed by atoms with Gasteiger partial charge in [-0.3, -0.25) is 10.1 Å². The van der Waals surface area contributed by atoms with Crippen LogP contribution >= 0.6 is 0 Å². The Morgan fingerprint density at radius 1 is 1.42 bits per heavy atom. The van der Waals surface area contributed by atoms with E-state index in [0.29, 0.717) is 0 Å². The van der Waals surface area contributed by atoms with Gasteiger partial charge in [-0.15, -0.1) is 0 Å². The van der Waals surface area contributed by atoms with E-state index in [1.807, 2.05) is 0 Å². The molecular weight excluding hydrogens is 269 g/mol. The van der Waals surface area contributed by atoms with Crippen LogP contribution in [0, 0.1) is 10.1 Å². The Balaban J connectivity index is 2.89. The number of anilines is 1. The van der Waals surface area contributed by atoms with Gasteiger partial charge in [0.1, 0.15) is 5.69 Å². The van der Waals surface area contributed by atoms with Gasteiger partial charge >= 0.3 is 12.1 Å². The molecule has 1 aromatic carbocycles. The van der Waals surface area contributed by atoms with Gasteiger partial charge in [0, 0.05) is 12.6 Å². The smallest absolute Gasteiger partial charge is 0.390 e. The molecule has 2 N–H and O–H groups in total. The number of alkyl halides is 3. The fourth-order valence-electron chi connectivity index (χ4n) is 1.30. The number of nitro groups is 1. The molecule has 19 heavy (non-hydrogen) atoms. The van der Waals surface area contributed by atoms with Crippen LogP contribution in [0.25, 0.3) is 0 Å². The van der Waals surface area contributed by atoms with Gasteiger partial charge in [0.05, 0.1) is 16.9 Å². The average Bonchev–Trinajstić information content (AvgIpc) is 2.27. The van der Waals surface area contributed by atoms with Gasteiger partial charge in [0.2, 0.25) is 0 Å². The lowest BCUT2D eigenvalue weighted by molar-refractivity contribution is -0.384. The van der Waals surface area contributed by atoms with Crippen molar-refractivity contribution in [3.05, 3.63) is 33.9 Å². The van der Waals surface area contributed by atoms with Crippen molar-refractivity contribution in [2.24, 2.45) is 0 Å². The molecule has 0 aromatic heterocycles. The van der Waals surface area contributed by atoms with Gasteiger partial charge in [-0.1, -0.05) is 0 Å². The number of carboxylic acids is 1. The second kappa shape index (κ2) is 5.55. The zero-order valence-corrected chi connectivity index (χ0v) is 9.40. The summed E-state index contributed by atoms with van der Waals surface area (Å²) in [4.78, 5) is 20.5. The lowest BCUT2D eigenvalue weighted by Crippen LogP contribution is -2.15. The number of aromatic carboxylic acids is 1. The predicted octanol–water partition coefficient (Wildman–Crippen LogP) is 2.66. The summed E-state index contributed by atoms with van der Waals surface area (Å²) in [5, 5.41) is 21.6. The van der Waals surface area contributed by atoms with E-state index >= 15 is 0 Å². The van der Waals surface area contributed by atoms with Crippen LogP contribution in [0.15, 0.2) is 18.2 Å². The van der Waals surface area contributed by atoms with Gasteiger partial charge in [-0.2, -0.15) is 13.2 Å². The van der Waals surface area contributed by atoms with E-state index in [1.54, 1.807) is 0 Å². The Hall–Kier alpha value is -2.32. The lowest BCUT2D eigenvalue weighted by atomic mass is 10.1. The molecule has 0 saturated carbocycles. The minimum atomic E-state index is -4.37. The Morgan fingerprint density at radius 3 is 2.53 bits per heavy atom. The Bertz CT molecular complexity index is 502. The van der Waals surface area contributed by atoms with E-state index in [4.69, 9.17) is 5.11 Å². The number of carboxylic acid groups (broad SMARTS) is 1. The first kappa shape index (κ1) is 14.7. The van der Waals surface area contributed by atoms with Crippen molar-refractivity contribution in [1.82, 2.24) is 0 Å².